The van der Waals surface area contributed by atoms with E-state index in [2.05, 4.69) is 9.71 Å². The van der Waals surface area contributed by atoms with Crippen molar-refractivity contribution < 1.29 is 12.8 Å². The molecule has 0 amide bonds. The third-order valence-electron chi connectivity index (χ3n) is 2.20. The highest BCUT2D eigenvalue weighted by molar-refractivity contribution is 7.92. The fourth-order valence-corrected chi connectivity index (χ4v) is 2.84. The summed E-state index contributed by atoms with van der Waals surface area (Å²) in [6, 6.07) is 4.69. The highest BCUT2D eigenvalue weighted by Gasteiger charge is 2.20. The minimum atomic E-state index is -4.09. The summed E-state index contributed by atoms with van der Waals surface area (Å²) in [5.41, 5.74) is 0.0681. The van der Waals surface area contributed by atoms with E-state index in [1.165, 1.54) is 24.5 Å². The van der Waals surface area contributed by atoms with Crippen LogP contribution in [0.2, 0.25) is 10.0 Å². The predicted molar refractivity (Wildman–Crippen MR) is 71.5 cm³/mol. The lowest BCUT2D eigenvalue weighted by atomic mass is 10.3. The molecule has 0 unspecified atom stereocenters. The van der Waals surface area contributed by atoms with Crippen molar-refractivity contribution >= 4 is 38.9 Å². The molecule has 1 aromatic heterocycles. The van der Waals surface area contributed by atoms with Gasteiger partial charge in [-0.25, -0.2) is 12.8 Å². The molecule has 0 saturated heterocycles. The lowest BCUT2D eigenvalue weighted by Crippen LogP contribution is -2.15. The summed E-state index contributed by atoms with van der Waals surface area (Å²) in [4.78, 5) is 3.22. The molecule has 0 aliphatic heterocycles. The van der Waals surface area contributed by atoms with Crippen molar-refractivity contribution in [2.75, 3.05) is 4.72 Å². The summed E-state index contributed by atoms with van der Waals surface area (Å²) >= 11 is 11.4. The molecule has 2 rings (SSSR count). The highest BCUT2D eigenvalue weighted by Crippen LogP contribution is 2.25. The van der Waals surface area contributed by atoms with E-state index in [0.717, 1.165) is 12.1 Å². The quantitative estimate of drug-likeness (QED) is 0.943. The Morgan fingerprint density at radius 1 is 1.21 bits per heavy atom. The van der Waals surface area contributed by atoms with Crippen LogP contribution in [0, 0.1) is 5.82 Å². The Labute approximate surface area is 119 Å². The van der Waals surface area contributed by atoms with Gasteiger partial charge in [0.25, 0.3) is 10.0 Å². The van der Waals surface area contributed by atoms with Crippen molar-refractivity contribution in [3.05, 3.63) is 52.5 Å². The van der Waals surface area contributed by atoms with Gasteiger partial charge in [-0.2, -0.15) is 0 Å². The average molecular weight is 321 g/mol. The predicted octanol–water partition coefficient (Wildman–Crippen LogP) is 3.33. The molecule has 0 atom stereocenters. The van der Waals surface area contributed by atoms with Crippen molar-refractivity contribution in [1.82, 2.24) is 4.98 Å². The standard InChI is InChI=1S/C11H7Cl2FN2O2S/c12-7-1-2-11(9(14)5-7)19(17,18)16-10-6-15-4-3-8(10)13/h1-6,16H. The molecule has 0 saturated carbocycles. The smallest absolute Gasteiger partial charge is 0.264 e. The van der Waals surface area contributed by atoms with Crippen LogP contribution in [0.3, 0.4) is 0 Å². The second-order valence-electron chi connectivity index (χ2n) is 3.54. The summed E-state index contributed by atoms with van der Waals surface area (Å²) in [7, 11) is -4.09. The number of anilines is 1. The summed E-state index contributed by atoms with van der Waals surface area (Å²) in [5, 5.41) is 0.267. The number of nitrogens with one attached hydrogen (secondary N) is 1. The number of sulfonamides is 1. The molecule has 1 heterocycles. The van der Waals surface area contributed by atoms with E-state index in [4.69, 9.17) is 23.2 Å². The number of hydrogen-bond donors (Lipinski definition) is 1. The maximum Gasteiger partial charge on any atom is 0.264 e. The van der Waals surface area contributed by atoms with Gasteiger partial charge in [0, 0.05) is 11.2 Å². The lowest BCUT2D eigenvalue weighted by Gasteiger charge is -2.09. The first-order valence-electron chi connectivity index (χ1n) is 4.97. The summed E-state index contributed by atoms with van der Waals surface area (Å²) in [6.45, 7) is 0. The van der Waals surface area contributed by atoms with Crippen LogP contribution in [0.1, 0.15) is 0 Å². The number of hydrogen-bond acceptors (Lipinski definition) is 3. The zero-order chi connectivity index (χ0) is 14.0. The summed E-state index contributed by atoms with van der Waals surface area (Å²) in [6.07, 6.45) is 2.64. The summed E-state index contributed by atoms with van der Waals surface area (Å²) in [5.74, 6) is -0.944. The van der Waals surface area contributed by atoms with Crippen LogP contribution in [0.5, 0.6) is 0 Å². The van der Waals surface area contributed by atoms with E-state index in [9.17, 15) is 12.8 Å². The summed E-state index contributed by atoms with van der Waals surface area (Å²) < 4.78 is 39.8. The Hall–Kier alpha value is -1.37. The molecule has 0 radical (unpaired) electrons. The fourth-order valence-electron chi connectivity index (χ4n) is 1.35. The van der Waals surface area contributed by atoms with Crippen LogP contribution in [0.15, 0.2) is 41.6 Å². The molecule has 0 aliphatic rings. The van der Waals surface area contributed by atoms with Gasteiger partial charge in [-0.1, -0.05) is 23.2 Å². The minimum Gasteiger partial charge on any atom is -0.276 e. The van der Waals surface area contributed by atoms with Crippen molar-refractivity contribution in [1.29, 1.82) is 0 Å². The number of nitrogens with zero attached hydrogens (tertiary/aromatic N) is 1. The van der Waals surface area contributed by atoms with E-state index in [1.807, 2.05) is 0 Å². The van der Waals surface area contributed by atoms with Gasteiger partial charge in [-0.05, 0) is 24.3 Å². The number of pyridine rings is 1. The minimum absolute atomic E-state index is 0.0681. The van der Waals surface area contributed by atoms with Gasteiger partial charge in [0.15, 0.2) is 0 Å². The molecule has 4 nitrogen and oxygen atoms in total. The van der Waals surface area contributed by atoms with Gasteiger partial charge in [-0.3, -0.25) is 9.71 Å². The molecule has 0 bridgehead atoms. The van der Waals surface area contributed by atoms with Gasteiger partial charge >= 0.3 is 0 Å². The van der Waals surface area contributed by atoms with Crippen LogP contribution < -0.4 is 4.72 Å². The molecule has 8 heteroatoms. The Balaban J connectivity index is 2.41. The molecule has 2 aromatic rings. The number of benzene rings is 1. The van der Waals surface area contributed by atoms with E-state index in [-0.39, 0.29) is 15.7 Å². The van der Waals surface area contributed by atoms with Crippen LogP contribution in [0.25, 0.3) is 0 Å². The Bertz CT molecular complexity index is 722. The van der Waals surface area contributed by atoms with Gasteiger partial charge in [0.2, 0.25) is 0 Å². The normalized spacial score (nSPS) is 11.3. The molecule has 0 fully saturated rings. The van der Waals surface area contributed by atoms with E-state index in [1.54, 1.807) is 0 Å². The lowest BCUT2D eigenvalue weighted by molar-refractivity contribution is 0.570. The van der Waals surface area contributed by atoms with Gasteiger partial charge < -0.3 is 0 Å². The van der Waals surface area contributed by atoms with E-state index in [0.29, 0.717) is 0 Å². The van der Waals surface area contributed by atoms with Crippen LogP contribution >= 0.6 is 23.2 Å². The van der Waals surface area contributed by atoms with Crippen LogP contribution in [0.4, 0.5) is 10.1 Å². The van der Waals surface area contributed by atoms with Crippen molar-refractivity contribution in [3.8, 4) is 0 Å². The average Bonchev–Trinajstić information content (AvgIpc) is 2.31. The van der Waals surface area contributed by atoms with Crippen molar-refractivity contribution in [2.24, 2.45) is 0 Å². The largest absolute Gasteiger partial charge is 0.276 e. The maximum absolute atomic E-state index is 13.6. The first-order chi connectivity index (χ1) is 8.90. The zero-order valence-electron chi connectivity index (χ0n) is 9.27. The molecule has 100 valence electrons. The molecule has 19 heavy (non-hydrogen) atoms. The van der Waals surface area contributed by atoms with Gasteiger partial charge in [0.1, 0.15) is 10.7 Å². The van der Waals surface area contributed by atoms with Gasteiger partial charge in [-0.15, -0.1) is 0 Å². The Morgan fingerprint density at radius 2 is 1.95 bits per heavy atom. The van der Waals surface area contributed by atoms with Gasteiger partial charge in [0.05, 0.1) is 16.9 Å². The van der Waals surface area contributed by atoms with E-state index < -0.39 is 20.7 Å². The molecule has 0 spiro atoms. The Morgan fingerprint density at radius 3 is 2.58 bits per heavy atom. The number of rotatable bonds is 3. The molecular formula is C11H7Cl2FN2O2S. The van der Waals surface area contributed by atoms with Crippen molar-refractivity contribution in [3.63, 3.8) is 0 Å². The first-order valence-corrected chi connectivity index (χ1v) is 7.21. The van der Waals surface area contributed by atoms with E-state index >= 15 is 0 Å². The number of halogens is 3. The van der Waals surface area contributed by atoms with Crippen LogP contribution in [-0.2, 0) is 10.0 Å². The third-order valence-corrected chi connectivity index (χ3v) is 4.16. The molecule has 1 N–H and O–H groups in total. The first kappa shape index (κ1) is 14.0. The monoisotopic (exact) mass is 320 g/mol. The number of aromatic nitrogens is 1. The second-order valence-corrected chi connectivity index (χ2v) is 6.03. The maximum atomic E-state index is 13.6. The SMILES string of the molecule is O=S(=O)(Nc1cnccc1Cl)c1ccc(Cl)cc1F. The molecule has 1 aromatic carbocycles. The topological polar surface area (TPSA) is 59.1 Å². The fraction of sp³-hybridized carbons (Fsp3) is 0. The molecular weight excluding hydrogens is 314 g/mol. The van der Waals surface area contributed by atoms with Crippen LogP contribution in [-0.4, -0.2) is 13.4 Å². The highest BCUT2D eigenvalue weighted by atomic mass is 35.5. The zero-order valence-corrected chi connectivity index (χ0v) is 11.6. The van der Waals surface area contributed by atoms with Crippen molar-refractivity contribution in [2.45, 2.75) is 4.90 Å². The third kappa shape index (κ3) is 3.15. The second kappa shape index (κ2) is 5.32. The molecule has 0 aliphatic carbocycles. The Kier molecular flexibility index (Phi) is 3.93.